The van der Waals surface area contributed by atoms with Crippen LogP contribution < -0.4 is 5.32 Å². The quantitative estimate of drug-likeness (QED) is 0.635. The van der Waals surface area contributed by atoms with Gasteiger partial charge in [-0.15, -0.1) is 0 Å². The summed E-state index contributed by atoms with van der Waals surface area (Å²) in [5.41, 5.74) is 1.46. The zero-order valence-corrected chi connectivity index (χ0v) is 8.23. The highest BCUT2D eigenvalue weighted by Crippen LogP contribution is 2.21. The van der Waals surface area contributed by atoms with E-state index in [9.17, 15) is 0 Å². The molecule has 1 N–H and O–H groups in total. The topological polar surface area (TPSA) is 12.0 Å². The Hall–Kier alpha value is -0.300. The van der Waals surface area contributed by atoms with E-state index in [0.29, 0.717) is 0 Å². The largest absolute Gasteiger partial charge is 0.317 e. The van der Waals surface area contributed by atoms with Gasteiger partial charge in [-0.2, -0.15) is 0 Å². The van der Waals surface area contributed by atoms with Gasteiger partial charge in [0.1, 0.15) is 0 Å². The monoisotopic (exact) mass is 167 g/mol. The molecule has 0 atom stereocenters. The lowest BCUT2D eigenvalue weighted by molar-refractivity contribution is 0.369. The predicted molar refractivity (Wildman–Crippen MR) is 54.3 cm³/mol. The summed E-state index contributed by atoms with van der Waals surface area (Å²) in [7, 11) is 0. The van der Waals surface area contributed by atoms with Crippen molar-refractivity contribution in [2.45, 2.75) is 39.0 Å². The van der Waals surface area contributed by atoms with Crippen LogP contribution >= 0.6 is 0 Å². The van der Waals surface area contributed by atoms with Crippen molar-refractivity contribution in [1.29, 1.82) is 0 Å². The van der Waals surface area contributed by atoms with Crippen molar-refractivity contribution in [2.75, 3.05) is 13.1 Å². The van der Waals surface area contributed by atoms with E-state index in [4.69, 9.17) is 0 Å². The molecule has 0 bridgehead atoms. The van der Waals surface area contributed by atoms with Crippen LogP contribution in [-0.2, 0) is 0 Å². The fourth-order valence-corrected chi connectivity index (χ4v) is 1.95. The molecule has 0 aromatic heterocycles. The van der Waals surface area contributed by atoms with Crippen molar-refractivity contribution in [3.8, 4) is 0 Å². The van der Waals surface area contributed by atoms with Gasteiger partial charge in [0.15, 0.2) is 0 Å². The Balaban J connectivity index is 2.15. The molecule has 12 heavy (non-hydrogen) atoms. The maximum atomic E-state index is 4.12. The van der Waals surface area contributed by atoms with Crippen LogP contribution in [0.5, 0.6) is 0 Å². The molecule has 1 fully saturated rings. The van der Waals surface area contributed by atoms with Gasteiger partial charge in [0.2, 0.25) is 0 Å². The van der Waals surface area contributed by atoms with E-state index in [1.54, 1.807) is 0 Å². The number of piperidine rings is 1. The fourth-order valence-electron chi connectivity index (χ4n) is 1.95. The summed E-state index contributed by atoms with van der Waals surface area (Å²) in [6.07, 6.45) is 6.45. The first kappa shape index (κ1) is 9.79. The van der Waals surface area contributed by atoms with Gasteiger partial charge in [0, 0.05) is 0 Å². The molecule has 0 amide bonds. The first-order valence-corrected chi connectivity index (χ1v) is 5.20. The van der Waals surface area contributed by atoms with E-state index in [0.717, 1.165) is 5.92 Å². The molecule has 0 aromatic rings. The second kappa shape index (κ2) is 5.36. The molecule has 0 aromatic carbocycles. The molecular formula is C11H21N. The zero-order chi connectivity index (χ0) is 8.81. The van der Waals surface area contributed by atoms with Gasteiger partial charge in [-0.05, 0) is 44.7 Å². The van der Waals surface area contributed by atoms with E-state index in [2.05, 4.69) is 18.8 Å². The maximum Gasteiger partial charge on any atom is -0.00462 e. The lowest BCUT2D eigenvalue weighted by Crippen LogP contribution is -2.27. The average molecular weight is 167 g/mol. The fraction of sp³-hybridized carbons (Fsp3) is 0.818. The van der Waals surface area contributed by atoms with Crippen molar-refractivity contribution in [3.63, 3.8) is 0 Å². The van der Waals surface area contributed by atoms with Crippen molar-refractivity contribution >= 4 is 0 Å². The summed E-state index contributed by atoms with van der Waals surface area (Å²) in [4.78, 5) is 0. The molecule has 1 saturated heterocycles. The van der Waals surface area contributed by atoms with E-state index >= 15 is 0 Å². The van der Waals surface area contributed by atoms with Crippen LogP contribution in [0.2, 0.25) is 0 Å². The second-order valence-corrected chi connectivity index (χ2v) is 3.90. The standard InChI is InChI=1S/C11H21N/c1-3-4-10(2)9-11-5-7-12-8-6-11/h11-12H,2-9H2,1H3. The maximum absolute atomic E-state index is 4.12. The first-order valence-electron chi connectivity index (χ1n) is 5.20. The predicted octanol–water partition coefficient (Wildman–Crippen LogP) is 2.73. The highest BCUT2D eigenvalue weighted by Gasteiger charge is 2.13. The number of hydrogen-bond acceptors (Lipinski definition) is 1. The molecule has 1 rings (SSSR count). The molecule has 1 aliphatic heterocycles. The SMILES string of the molecule is C=C(CCC)CC1CCNCC1. The average Bonchev–Trinajstić information content (AvgIpc) is 2.06. The van der Waals surface area contributed by atoms with E-state index < -0.39 is 0 Å². The summed E-state index contributed by atoms with van der Waals surface area (Å²) in [6.45, 7) is 8.77. The van der Waals surface area contributed by atoms with Gasteiger partial charge in [0.25, 0.3) is 0 Å². The van der Waals surface area contributed by atoms with Crippen LogP contribution in [0.25, 0.3) is 0 Å². The van der Waals surface area contributed by atoms with E-state index in [1.165, 1.54) is 50.8 Å². The molecule has 1 heteroatoms. The Morgan fingerprint density at radius 3 is 2.67 bits per heavy atom. The minimum atomic E-state index is 0.922. The first-order chi connectivity index (χ1) is 5.83. The summed E-state index contributed by atoms with van der Waals surface area (Å²) >= 11 is 0. The normalized spacial score (nSPS) is 19.4. The van der Waals surface area contributed by atoms with Crippen molar-refractivity contribution in [1.82, 2.24) is 5.32 Å². The molecular weight excluding hydrogens is 146 g/mol. The molecule has 0 aliphatic carbocycles. The second-order valence-electron chi connectivity index (χ2n) is 3.90. The minimum Gasteiger partial charge on any atom is -0.317 e. The Morgan fingerprint density at radius 1 is 1.42 bits per heavy atom. The molecule has 0 saturated carbocycles. The molecule has 0 radical (unpaired) electrons. The van der Waals surface area contributed by atoms with Crippen molar-refractivity contribution < 1.29 is 0 Å². The summed E-state index contributed by atoms with van der Waals surface area (Å²) in [5, 5.41) is 3.39. The highest BCUT2D eigenvalue weighted by molar-refractivity contribution is 4.96. The van der Waals surface area contributed by atoms with Crippen LogP contribution in [0.3, 0.4) is 0 Å². The van der Waals surface area contributed by atoms with E-state index in [1.807, 2.05) is 0 Å². The van der Waals surface area contributed by atoms with Crippen LogP contribution in [0, 0.1) is 5.92 Å². The third-order valence-corrected chi connectivity index (χ3v) is 2.64. The van der Waals surface area contributed by atoms with Crippen LogP contribution in [0.15, 0.2) is 12.2 Å². The van der Waals surface area contributed by atoms with Crippen molar-refractivity contribution in [3.05, 3.63) is 12.2 Å². The van der Waals surface area contributed by atoms with E-state index in [-0.39, 0.29) is 0 Å². The summed E-state index contributed by atoms with van der Waals surface area (Å²) in [5.74, 6) is 0.922. The van der Waals surface area contributed by atoms with Gasteiger partial charge >= 0.3 is 0 Å². The lowest BCUT2D eigenvalue weighted by Gasteiger charge is -2.23. The van der Waals surface area contributed by atoms with Gasteiger partial charge < -0.3 is 5.32 Å². The van der Waals surface area contributed by atoms with Gasteiger partial charge in [-0.3, -0.25) is 0 Å². The molecule has 0 unspecified atom stereocenters. The molecule has 1 nitrogen and oxygen atoms in total. The van der Waals surface area contributed by atoms with Crippen LogP contribution in [0.4, 0.5) is 0 Å². The van der Waals surface area contributed by atoms with Gasteiger partial charge in [-0.1, -0.05) is 25.5 Å². The highest BCUT2D eigenvalue weighted by atomic mass is 14.9. The zero-order valence-electron chi connectivity index (χ0n) is 8.23. The van der Waals surface area contributed by atoms with Gasteiger partial charge in [-0.25, -0.2) is 0 Å². The Labute approximate surface area is 76.2 Å². The number of allylic oxidation sites excluding steroid dienone is 1. The van der Waals surface area contributed by atoms with Gasteiger partial charge in [0.05, 0.1) is 0 Å². The Bertz CT molecular complexity index is 134. The Kier molecular flexibility index (Phi) is 4.37. The van der Waals surface area contributed by atoms with Crippen LogP contribution in [0.1, 0.15) is 39.0 Å². The lowest BCUT2D eigenvalue weighted by atomic mass is 9.90. The van der Waals surface area contributed by atoms with Crippen LogP contribution in [-0.4, -0.2) is 13.1 Å². The summed E-state index contributed by atoms with van der Waals surface area (Å²) in [6, 6.07) is 0. The molecule has 1 aliphatic rings. The minimum absolute atomic E-state index is 0.922. The third kappa shape index (κ3) is 3.40. The number of nitrogens with one attached hydrogen (secondary N) is 1. The molecule has 1 heterocycles. The number of hydrogen-bond donors (Lipinski definition) is 1. The Morgan fingerprint density at radius 2 is 2.08 bits per heavy atom. The van der Waals surface area contributed by atoms with Crippen molar-refractivity contribution in [2.24, 2.45) is 5.92 Å². The molecule has 70 valence electrons. The smallest absolute Gasteiger partial charge is 0.00462 e. The molecule has 0 spiro atoms. The number of rotatable bonds is 4. The third-order valence-electron chi connectivity index (χ3n) is 2.64. The summed E-state index contributed by atoms with van der Waals surface area (Å²) < 4.78 is 0.